The molecule has 1 heterocycles. The van der Waals surface area contributed by atoms with Gasteiger partial charge in [0.05, 0.1) is 12.2 Å². The van der Waals surface area contributed by atoms with Gasteiger partial charge >= 0.3 is 0 Å². The van der Waals surface area contributed by atoms with Gasteiger partial charge in [-0.25, -0.2) is 0 Å². The summed E-state index contributed by atoms with van der Waals surface area (Å²) in [5.41, 5.74) is 1.93. The molecule has 2 aliphatic rings. The average Bonchev–Trinajstić information content (AvgIpc) is 3.01. The molecule has 1 aromatic heterocycles. The molecule has 2 fully saturated rings. The van der Waals surface area contributed by atoms with E-state index in [1.165, 1.54) is 36.5 Å². The zero-order valence-corrected chi connectivity index (χ0v) is 23.9. The summed E-state index contributed by atoms with van der Waals surface area (Å²) in [6.07, 6.45) is 8.02. The van der Waals surface area contributed by atoms with Crippen molar-refractivity contribution in [3.05, 3.63) is 66.9 Å². The van der Waals surface area contributed by atoms with Crippen molar-refractivity contribution in [2.45, 2.75) is 78.4 Å². The Hall–Kier alpha value is -1.58. The molecule has 3 nitrogen and oxygen atoms in total. The molecular formula is C31H40IrNO2-. The summed E-state index contributed by atoms with van der Waals surface area (Å²) in [7, 11) is 0. The van der Waals surface area contributed by atoms with Crippen molar-refractivity contribution in [2.24, 2.45) is 22.7 Å². The quantitative estimate of drug-likeness (QED) is 0.278. The largest absolute Gasteiger partial charge is 0.392 e. The molecule has 2 aliphatic carbocycles. The Bertz CT molecular complexity index is 1050. The maximum Gasteiger partial charge on any atom is 0.0646 e. The van der Waals surface area contributed by atoms with Gasteiger partial charge in [-0.05, 0) is 65.0 Å². The number of pyridine rings is 1. The summed E-state index contributed by atoms with van der Waals surface area (Å²) >= 11 is 0. The number of nitrogens with zero attached hydrogens (tertiary/aromatic N) is 1. The molecule has 5 rings (SSSR count). The number of aliphatic hydroxyl groups is 2. The van der Waals surface area contributed by atoms with Gasteiger partial charge in [0.1, 0.15) is 0 Å². The first-order valence-electron chi connectivity index (χ1n) is 12.9. The van der Waals surface area contributed by atoms with Gasteiger partial charge in [0.2, 0.25) is 0 Å². The normalized spacial score (nSPS) is 27.3. The van der Waals surface area contributed by atoms with Crippen molar-refractivity contribution in [3.63, 3.8) is 0 Å². The number of aliphatic hydroxyl groups excluding tert-OH is 2. The van der Waals surface area contributed by atoms with Crippen LogP contribution in [0.15, 0.2) is 60.8 Å². The molecule has 2 saturated carbocycles. The third kappa shape index (κ3) is 6.23. The van der Waals surface area contributed by atoms with Gasteiger partial charge in [-0.15, -0.1) is 35.9 Å². The molecule has 0 saturated heterocycles. The molecule has 1 radical (unpaired) electrons. The number of fused-ring (bicyclic) bond motifs is 2. The fourth-order valence-corrected chi connectivity index (χ4v) is 6.07. The fourth-order valence-electron chi connectivity index (χ4n) is 6.07. The molecular weight excluding hydrogens is 611 g/mol. The van der Waals surface area contributed by atoms with Crippen LogP contribution in [0, 0.1) is 28.7 Å². The van der Waals surface area contributed by atoms with Crippen LogP contribution in [0.1, 0.15) is 66.2 Å². The standard InChI is InChI=1S/C16H30O2.C15H10N.Ir/c1-15(2)9-5-7-11-8-6-10-16(3,4)14(18)12(11)13(15)17;1-2-7-13(8-3-1)15-14-9-5-4-6-12(14)10-11-16-15;/h11-14,17-18H,5-10H2,1-4H3;1-7,9-11H;/q;-1;. The predicted octanol–water partition coefficient (Wildman–Crippen LogP) is 7.06. The molecule has 2 atom stereocenters. The monoisotopic (exact) mass is 651 g/mol. The van der Waals surface area contributed by atoms with Gasteiger partial charge in [-0.3, -0.25) is 0 Å². The van der Waals surface area contributed by atoms with E-state index in [0.717, 1.165) is 24.1 Å². The van der Waals surface area contributed by atoms with Crippen LogP contribution >= 0.6 is 0 Å². The third-order valence-corrected chi connectivity index (χ3v) is 8.30. The molecule has 35 heavy (non-hydrogen) atoms. The van der Waals surface area contributed by atoms with Crippen LogP contribution in [0.5, 0.6) is 0 Å². The van der Waals surface area contributed by atoms with Gasteiger partial charge in [0.25, 0.3) is 0 Å². The first-order chi connectivity index (χ1) is 16.2. The van der Waals surface area contributed by atoms with E-state index < -0.39 is 0 Å². The number of hydrogen-bond acceptors (Lipinski definition) is 3. The van der Waals surface area contributed by atoms with Crippen molar-refractivity contribution in [1.82, 2.24) is 4.98 Å². The molecule has 2 aromatic carbocycles. The fraction of sp³-hybridized carbons (Fsp3) is 0.516. The first kappa shape index (κ1) is 28.0. The van der Waals surface area contributed by atoms with Crippen LogP contribution in [-0.2, 0) is 20.1 Å². The summed E-state index contributed by atoms with van der Waals surface area (Å²) in [4.78, 5) is 4.45. The minimum Gasteiger partial charge on any atom is -0.392 e. The van der Waals surface area contributed by atoms with Gasteiger partial charge in [0.15, 0.2) is 0 Å². The number of rotatable bonds is 1. The van der Waals surface area contributed by atoms with E-state index in [4.69, 9.17) is 0 Å². The van der Waals surface area contributed by atoms with Crippen LogP contribution in [0.4, 0.5) is 0 Å². The summed E-state index contributed by atoms with van der Waals surface area (Å²) in [6, 6.07) is 21.4. The van der Waals surface area contributed by atoms with Gasteiger partial charge < -0.3 is 15.2 Å². The Morgan fingerprint density at radius 3 is 2.03 bits per heavy atom. The molecule has 4 heteroatoms. The van der Waals surface area contributed by atoms with Gasteiger partial charge in [0, 0.05) is 32.2 Å². The van der Waals surface area contributed by atoms with Crippen molar-refractivity contribution in [3.8, 4) is 11.3 Å². The number of benzene rings is 2. The van der Waals surface area contributed by atoms with E-state index in [1.807, 2.05) is 48.7 Å². The predicted molar refractivity (Wildman–Crippen MR) is 140 cm³/mol. The van der Waals surface area contributed by atoms with Crippen molar-refractivity contribution >= 4 is 10.8 Å². The van der Waals surface area contributed by atoms with E-state index in [-0.39, 0.29) is 49.1 Å². The molecule has 0 bridgehead atoms. The number of hydrogen-bond donors (Lipinski definition) is 2. The summed E-state index contributed by atoms with van der Waals surface area (Å²) in [5.74, 6) is 0.582. The molecule has 2 N–H and O–H groups in total. The second-order valence-electron chi connectivity index (χ2n) is 11.6. The summed E-state index contributed by atoms with van der Waals surface area (Å²) in [5, 5.41) is 23.9. The van der Waals surface area contributed by atoms with E-state index >= 15 is 0 Å². The minimum absolute atomic E-state index is 0. The second kappa shape index (κ2) is 11.6. The Balaban J connectivity index is 0.000000191. The first-order valence-corrected chi connectivity index (χ1v) is 12.9. The summed E-state index contributed by atoms with van der Waals surface area (Å²) < 4.78 is 0. The molecule has 191 valence electrons. The summed E-state index contributed by atoms with van der Waals surface area (Å²) in [6.45, 7) is 8.63. The van der Waals surface area contributed by atoms with Crippen molar-refractivity contribution < 1.29 is 30.3 Å². The van der Waals surface area contributed by atoms with Crippen LogP contribution in [0.2, 0.25) is 0 Å². The van der Waals surface area contributed by atoms with E-state index in [9.17, 15) is 10.2 Å². The zero-order chi connectivity index (χ0) is 24.3. The maximum atomic E-state index is 10.8. The van der Waals surface area contributed by atoms with E-state index in [1.54, 1.807) is 0 Å². The van der Waals surface area contributed by atoms with Crippen LogP contribution in [-0.4, -0.2) is 27.4 Å². The molecule has 0 aliphatic heterocycles. The zero-order valence-electron chi connectivity index (χ0n) is 21.5. The Kier molecular flexibility index (Phi) is 9.32. The number of aromatic nitrogens is 1. The molecule has 3 aromatic rings. The third-order valence-electron chi connectivity index (χ3n) is 8.30. The van der Waals surface area contributed by atoms with Gasteiger partial charge in [-0.1, -0.05) is 64.8 Å². The average molecular weight is 651 g/mol. The minimum atomic E-state index is -0.364. The van der Waals surface area contributed by atoms with Crippen molar-refractivity contribution in [1.29, 1.82) is 0 Å². The van der Waals surface area contributed by atoms with Crippen LogP contribution in [0.3, 0.4) is 0 Å². The second-order valence-corrected chi connectivity index (χ2v) is 11.6. The molecule has 2 unspecified atom stereocenters. The van der Waals surface area contributed by atoms with Crippen molar-refractivity contribution in [2.75, 3.05) is 0 Å². The van der Waals surface area contributed by atoms with Gasteiger partial charge in [-0.2, -0.15) is 0 Å². The molecule has 0 amide bonds. The van der Waals surface area contributed by atoms with Crippen LogP contribution in [0.25, 0.3) is 22.0 Å². The maximum absolute atomic E-state index is 10.8. The van der Waals surface area contributed by atoms with Crippen LogP contribution < -0.4 is 0 Å². The Morgan fingerprint density at radius 1 is 0.829 bits per heavy atom. The van der Waals surface area contributed by atoms with E-state index in [2.05, 4.69) is 50.9 Å². The Labute approximate surface area is 224 Å². The molecule has 0 spiro atoms. The smallest absolute Gasteiger partial charge is 0.0646 e. The van der Waals surface area contributed by atoms with E-state index in [0.29, 0.717) is 5.92 Å². The topological polar surface area (TPSA) is 53.4 Å². The SMILES string of the molecule is CC1(C)CCCC2CCCC(C)(C)C(O)C2C1O.[Ir].[c-]1ccccc1-c1nccc2ccccc12. The Morgan fingerprint density at radius 2 is 1.43 bits per heavy atom.